The zero-order valence-electron chi connectivity index (χ0n) is 11.6. The van der Waals surface area contributed by atoms with Crippen LogP contribution in [0, 0.1) is 12.8 Å². The first-order chi connectivity index (χ1) is 9.02. The SMILES string of the molecule is Cc1nc(Cc2noc(CC(N)CC(C)C)n2)cs1. The summed E-state index contributed by atoms with van der Waals surface area (Å²) >= 11 is 1.63. The number of hydrogen-bond donors (Lipinski definition) is 1. The van der Waals surface area contributed by atoms with E-state index >= 15 is 0 Å². The molecule has 6 heteroatoms. The van der Waals surface area contributed by atoms with E-state index in [0.29, 0.717) is 30.5 Å². The highest BCUT2D eigenvalue weighted by Crippen LogP contribution is 2.12. The Morgan fingerprint density at radius 3 is 2.79 bits per heavy atom. The molecule has 1 unspecified atom stereocenters. The van der Waals surface area contributed by atoms with Crippen LogP contribution in [-0.2, 0) is 12.8 Å². The molecule has 0 fully saturated rings. The second-order valence-electron chi connectivity index (χ2n) is 5.23. The first kappa shape index (κ1) is 14.1. The molecule has 0 saturated carbocycles. The number of aryl methyl sites for hydroxylation is 1. The molecule has 19 heavy (non-hydrogen) atoms. The van der Waals surface area contributed by atoms with Crippen molar-refractivity contribution in [2.75, 3.05) is 0 Å². The van der Waals surface area contributed by atoms with E-state index < -0.39 is 0 Å². The summed E-state index contributed by atoms with van der Waals surface area (Å²) in [6.45, 7) is 6.30. The molecule has 0 saturated heterocycles. The fraction of sp³-hybridized carbons (Fsp3) is 0.615. The average molecular weight is 280 g/mol. The van der Waals surface area contributed by atoms with Crippen LogP contribution in [0.1, 0.15) is 42.7 Å². The Balaban J connectivity index is 1.91. The summed E-state index contributed by atoms with van der Waals surface area (Å²) in [7, 11) is 0. The second kappa shape index (κ2) is 6.25. The van der Waals surface area contributed by atoms with Crippen LogP contribution in [0.25, 0.3) is 0 Å². The van der Waals surface area contributed by atoms with Crippen molar-refractivity contribution < 1.29 is 4.52 Å². The Morgan fingerprint density at radius 2 is 2.16 bits per heavy atom. The predicted molar refractivity (Wildman–Crippen MR) is 75.1 cm³/mol. The van der Waals surface area contributed by atoms with Crippen molar-refractivity contribution in [2.45, 2.75) is 46.1 Å². The lowest BCUT2D eigenvalue weighted by atomic mass is 10.0. The van der Waals surface area contributed by atoms with Gasteiger partial charge in [0.2, 0.25) is 5.89 Å². The highest BCUT2D eigenvalue weighted by Gasteiger charge is 2.13. The minimum atomic E-state index is 0.0785. The van der Waals surface area contributed by atoms with Gasteiger partial charge < -0.3 is 10.3 Å². The molecule has 2 N–H and O–H groups in total. The van der Waals surface area contributed by atoms with Crippen molar-refractivity contribution >= 4 is 11.3 Å². The Morgan fingerprint density at radius 1 is 1.37 bits per heavy atom. The number of rotatable bonds is 6. The summed E-state index contributed by atoms with van der Waals surface area (Å²) in [5.74, 6) is 1.88. The van der Waals surface area contributed by atoms with E-state index in [1.807, 2.05) is 12.3 Å². The topological polar surface area (TPSA) is 77.8 Å². The normalized spacial score (nSPS) is 13.1. The Bertz CT molecular complexity index is 520. The van der Waals surface area contributed by atoms with Crippen LogP contribution in [0.3, 0.4) is 0 Å². The molecule has 104 valence electrons. The van der Waals surface area contributed by atoms with Gasteiger partial charge in [0.1, 0.15) is 0 Å². The second-order valence-corrected chi connectivity index (χ2v) is 6.29. The van der Waals surface area contributed by atoms with Crippen LogP contribution in [-0.4, -0.2) is 21.2 Å². The smallest absolute Gasteiger partial charge is 0.228 e. The van der Waals surface area contributed by atoms with E-state index in [1.54, 1.807) is 11.3 Å². The molecular formula is C13H20N4OS. The van der Waals surface area contributed by atoms with Crippen molar-refractivity contribution in [2.24, 2.45) is 11.7 Å². The number of hydrogen-bond acceptors (Lipinski definition) is 6. The van der Waals surface area contributed by atoms with Gasteiger partial charge in [0.25, 0.3) is 0 Å². The lowest BCUT2D eigenvalue weighted by molar-refractivity contribution is 0.355. The van der Waals surface area contributed by atoms with Crippen LogP contribution in [0.15, 0.2) is 9.90 Å². The highest BCUT2D eigenvalue weighted by molar-refractivity contribution is 7.09. The molecule has 2 aromatic rings. The quantitative estimate of drug-likeness (QED) is 0.878. The lowest BCUT2D eigenvalue weighted by Gasteiger charge is -2.10. The molecule has 0 spiro atoms. The lowest BCUT2D eigenvalue weighted by Crippen LogP contribution is -2.24. The van der Waals surface area contributed by atoms with E-state index in [4.69, 9.17) is 10.3 Å². The maximum absolute atomic E-state index is 6.03. The molecule has 5 nitrogen and oxygen atoms in total. The molecule has 0 radical (unpaired) electrons. The van der Waals surface area contributed by atoms with Gasteiger partial charge in [-0.15, -0.1) is 11.3 Å². The minimum Gasteiger partial charge on any atom is -0.339 e. The van der Waals surface area contributed by atoms with Gasteiger partial charge in [0.15, 0.2) is 5.82 Å². The zero-order chi connectivity index (χ0) is 13.8. The van der Waals surface area contributed by atoms with Crippen LogP contribution < -0.4 is 5.73 Å². The first-order valence-corrected chi connectivity index (χ1v) is 7.39. The van der Waals surface area contributed by atoms with E-state index in [2.05, 4.69) is 29.0 Å². The summed E-state index contributed by atoms with van der Waals surface area (Å²) in [6, 6.07) is 0.0785. The van der Waals surface area contributed by atoms with Gasteiger partial charge in [0, 0.05) is 17.8 Å². The van der Waals surface area contributed by atoms with Crippen molar-refractivity contribution in [3.05, 3.63) is 27.8 Å². The predicted octanol–water partition coefficient (Wildman–Crippen LogP) is 2.34. The fourth-order valence-corrected chi connectivity index (χ4v) is 2.62. The van der Waals surface area contributed by atoms with E-state index in [9.17, 15) is 0 Å². The number of thiazole rings is 1. The maximum Gasteiger partial charge on any atom is 0.228 e. The third-order valence-electron chi connectivity index (χ3n) is 2.73. The van der Waals surface area contributed by atoms with Crippen molar-refractivity contribution in [3.8, 4) is 0 Å². The molecule has 2 aromatic heterocycles. The highest BCUT2D eigenvalue weighted by atomic mass is 32.1. The Hall–Kier alpha value is -1.27. The molecule has 0 aliphatic heterocycles. The van der Waals surface area contributed by atoms with E-state index in [-0.39, 0.29) is 6.04 Å². The third kappa shape index (κ3) is 4.40. The summed E-state index contributed by atoms with van der Waals surface area (Å²) < 4.78 is 5.23. The van der Waals surface area contributed by atoms with Gasteiger partial charge in [-0.1, -0.05) is 19.0 Å². The number of nitrogens with two attached hydrogens (primary N) is 1. The van der Waals surface area contributed by atoms with Crippen LogP contribution >= 0.6 is 11.3 Å². The summed E-state index contributed by atoms with van der Waals surface area (Å²) in [4.78, 5) is 8.76. The molecule has 0 amide bonds. The van der Waals surface area contributed by atoms with Crippen LogP contribution in [0.4, 0.5) is 0 Å². The zero-order valence-corrected chi connectivity index (χ0v) is 12.4. The van der Waals surface area contributed by atoms with Gasteiger partial charge >= 0.3 is 0 Å². The Labute approximate surface area is 117 Å². The molecule has 2 rings (SSSR count). The molecule has 0 aliphatic rings. The first-order valence-electron chi connectivity index (χ1n) is 6.51. The van der Waals surface area contributed by atoms with Gasteiger partial charge in [-0.3, -0.25) is 0 Å². The Kier molecular flexibility index (Phi) is 4.66. The number of nitrogens with zero attached hydrogens (tertiary/aromatic N) is 3. The molecule has 2 heterocycles. The van der Waals surface area contributed by atoms with Crippen LogP contribution in [0.5, 0.6) is 0 Å². The summed E-state index contributed by atoms with van der Waals surface area (Å²) in [6.07, 6.45) is 2.22. The largest absolute Gasteiger partial charge is 0.339 e. The third-order valence-corrected chi connectivity index (χ3v) is 3.55. The summed E-state index contributed by atoms with van der Waals surface area (Å²) in [5, 5.41) is 7.05. The monoisotopic (exact) mass is 280 g/mol. The van der Waals surface area contributed by atoms with Gasteiger partial charge in [-0.05, 0) is 19.3 Å². The summed E-state index contributed by atoms with van der Waals surface area (Å²) in [5.41, 5.74) is 7.02. The minimum absolute atomic E-state index is 0.0785. The fourth-order valence-electron chi connectivity index (χ4n) is 2.01. The average Bonchev–Trinajstić information content (AvgIpc) is 2.88. The van der Waals surface area contributed by atoms with Crippen molar-refractivity contribution in [1.82, 2.24) is 15.1 Å². The van der Waals surface area contributed by atoms with Crippen LogP contribution in [0.2, 0.25) is 0 Å². The van der Waals surface area contributed by atoms with E-state index in [0.717, 1.165) is 17.1 Å². The molecule has 0 aliphatic carbocycles. The van der Waals surface area contributed by atoms with Gasteiger partial charge in [0.05, 0.1) is 17.1 Å². The standard InChI is InChI=1S/C13H20N4OS/c1-8(2)4-10(14)5-13-16-12(17-18-13)6-11-7-19-9(3)15-11/h7-8,10H,4-6,14H2,1-3H3. The maximum atomic E-state index is 6.03. The number of aromatic nitrogens is 3. The molecule has 0 bridgehead atoms. The molecular weight excluding hydrogens is 260 g/mol. The molecule has 1 atom stereocenters. The van der Waals surface area contributed by atoms with Gasteiger partial charge in [-0.2, -0.15) is 4.98 Å². The van der Waals surface area contributed by atoms with Crippen molar-refractivity contribution in [1.29, 1.82) is 0 Å². The molecule has 0 aromatic carbocycles. The van der Waals surface area contributed by atoms with Gasteiger partial charge in [-0.25, -0.2) is 4.98 Å². The van der Waals surface area contributed by atoms with Crippen molar-refractivity contribution in [3.63, 3.8) is 0 Å². The van der Waals surface area contributed by atoms with E-state index in [1.165, 1.54) is 0 Å².